The third kappa shape index (κ3) is 5.98. The van der Waals surface area contributed by atoms with Crippen LogP contribution in [0.2, 0.25) is 0 Å². The van der Waals surface area contributed by atoms with Gasteiger partial charge in [0.05, 0.1) is 6.61 Å². The van der Waals surface area contributed by atoms with Crippen molar-refractivity contribution in [3.63, 3.8) is 0 Å². The highest BCUT2D eigenvalue weighted by molar-refractivity contribution is 7.91. The molecule has 160 valence electrons. The number of carbonyl (C=O) groups is 1. The van der Waals surface area contributed by atoms with Crippen molar-refractivity contribution in [2.75, 3.05) is 13.2 Å². The van der Waals surface area contributed by atoms with E-state index in [1.165, 1.54) is 21.2 Å². The van der Waals surface area contributed by atoms with Crippen LogP contribution in [0.4, 0.5) is 13.2 Å². The lowest BCUT2D eigenvalue weighted by Crippen LogP contribution is -2.36. The van der Waals surface area contributed by atoms with Crippen LogP contribution in [-0.2, 0) is 39.1 Å². The van der Waals surface area contributed by atoms with Gasteiger partial charge in [-0.3, -0.25) is 4.98 Å². The standard InChI is InChI=1S/C15H18N2O3S2.C2HF3O2/c1-2-20-11-13-9-16-8-12-10-17(6-5-14(12)13)22(18,19)15-4-3-7-21-15;3-2(4,5)1(6)7/h3-4,7-9H,2,5-6,10-11H2,1H3;(H,6,7). The van der Waals surface area contributed by atoms with Crippen LogP contribution in [-0.4, -0.2) is 48.1 Å². The van der Waals surface area contributed by atoms with E-state index in [0.29, 0.717) is 36.9 Å². The van der Waals surface area contributed by atoms with Gasteiger partial charge in [0, 0.05) is 32.1 Å². The number of aliphatic carboxylic acids is 1. The number of ether oxygens (including phenoxy) is 1. The van der Waals surface area contributed by atoms with E-state index in [1.807, 2.05) is 13.1 Å². The Balaban J connectivity index is 0.000000370. The summed E-state index contributed by atoms with van der Waals surface area (Å²) >= 11 is 1.25. The Labute approximate surface area is 169 Å². The number of halogens is 3. The third-order valence-electron chi connectivity index (χ3n) is 3.99. The highest BCUT2D eigenvalue weighted by Gasteiger charge is 2.38. The zero-order valence-electron chi connectivity index (χ0n) is 15.3. The Kier molecular flexibility index (Phi) is 7.74. The monoisotopic (exact) mass is 452 g/mol. The molecule has 0 saturated heterocycles. The Morgan fingerprint density at radius 1 is 1.38 bits per heavy atom. The van der Waals surface area contributed by atoms with Gasteiger partial charge in [0.2, 0.25) is 0 Å². The first-order valence-electron chi connectivity index (χ1n) is 8.43. The average molecular weight is 452 g/mol. The first kappa shape index (κ1) is 23.3. The molecule has 1 aliphatic heterocycles. The smallest absolute Gasteiger partial charge is 0.475 e. The summed E-state index contributed by atoms with van der Waals surface area (Å²) in [5, 5.41) is 8.91. The highest BCUT2D eigenvalue weighted by atomic mass is 32.2. The van der Waals surface area contributed by atoms with Gasteiger partial charge in [0.1, 0.15) is 4.21 Å². The highest BCUT2D eigenvalue weighted by Crippen LogP contribution is 2.28. The first-order chi connectivity index (χ1) is 13.6. The normalized spacial score (nSPS) is 14.6. The van der Waals surface area contributed by atoms with E-state index in [-0.39, 0.29) is 0 Å². The minimum atomic E-state index is -5.08. The summed E-state index contributed by atoms with van der Waals surface area (Å²) in [6.45, 7) is 4.02. The van der Waals surface area contributed by atoms with Gasteiger partial charge in [-0.1, -0.05) is 6.07 Å². The molecule has 0 unspecified atom stereocenters. The van der Waals surface area contributed by atoms with Gasteiger partial charge in [-0.05, 0) is 41.5 Å². The number of sulfonamides is 1. The molecule has 2 aromatic heterocycles. The van der Waals surface area contributed by atoms with E-state index < -0.39 is 22.2 Å². The predicted molar refractivity (Wildman–Crippen MR) is 98.9 cm³/mol. The second kappa shape index (κ2) is 9.65. The number of pyridine rings is 1. The number of alkyl halides is 3. The number of aromatic nitrogens is 1. The SMILES string of the molecule is CCOCc1cncc2c1CCN(S(=O)(=O)c1cccs1)C2.O=C(O)C(F)(F)F. The van der Waals surface area contributed by atoms with Gasteiger partial charge in [-0.25, -0.2) is 13.2 Å². The Morgan fingerprint density at radius 2 is 2.07 bits per heavy atom. The minimum absolute atomic E-state index is 0.378. The lowest BCUT2D eigenvalue weighted by molar-refractivity contribution is -0.192. The summed E-state index contributed by atoms with van der Waals surface area (Å²) in [6, 6.07) is 3.41. The summed E-state index contributed by atoms with van der Waals surface area (Å²) in [5.41, 5.74) is 3.22. The maximum atomic E-state index is 12.6. The van der Waals surface area contributed by atoms with Crippen molar-refractivity contribution < 1.29 is 36.2 Å². The van der Waals surface area contributed by atoms with E-state index in [9.17, 15) is 21.6 Å². The van der Waals surface area contributed by atoms with Crippen molar-refractivity contribution in [1.82, 2.24) is 9.29 Å². The number of thiophene rings is 1. The van der Waals surface area contributed by atoms with E-state index in [2.05, 4.69) is 4.98 Å². The third-order valence-corrected chi connectivity index (χ3v) is 7.21. The molecule has 3 rings (SSSR count). The molecule has 12 heteroatoms. The molecule has 0 aromatic carbocycles. The molecule has 0 aliphatic carbocycles. The molecule has 3 heterocycles. The molecule has 0 bridgehead atoms. The van der Waals surface area contributed by atoms with Gasteiger partial charge in [0.15, 0.2) is 0 Å². The number of hydrogen-bond donors (Lipinski definition) is 1. The van der Waals surface area contributed by atoms with E-state index in [1.54, 1.807) is 23.7 Å². The largest absolute Gasteiger partial charge is 0.490 e. The summed E-state index contributed by atoms with van der Waals surface area (Å²) in [7, 11) is -3.40. The number of nitrogens with zero attached hydrogens (tertiary/aromatic N) is 2. The fourth-order valence-electron chi connectivity index (χ4n) is 2.62. The molecule has 7 nitrogen and oxygen atoms in total. The predicted octanol–water partition coefficient (Wildman–Crippen LogP) is 3.06. The molecule has 0 radical (unpaired) electrons. The van der Waals surface area contributed by atoms with Crippen LogP contribution >= 0.6 is 11.3 Å². The molecule has 2 aromatic rings. The summed E-state index contributed by atoms with van der Waals surface area (Å²) < 4.78 is 64.3. The lowest BCUT2D eigenvalue weighted by atomic mass is 9.99. The summed E-state index contributed by atoms with van der Waals surface area (Å²) in [6.07, 6.45) is -0.802. The molecule has 1 N–H and O–H groups in total. The summed E-state index contributed by atoms with van der Waals surface area (Å²) in [5.74, 6) is -2.76. The number of carboxylic acids is 1. The molecule has 0 atom stereocenters. The van der Waals surface area contributed by atoms with Gasteiger partial charge in [-0.15, -0.1) is 11.3 Å². The first-order valence-corrected chi connectivity index (χ1v) is 10.8. The van der Waals surface area contributed by atoms with Crippen LogP contribution in [0.1, 0.15) is 23.6 Å². The van der Waals surface area contributed by atoms with Crippen LogP contribution in [0.25, 0.3) is 0 Å². The van der Waals surface area contributed by atoms with Crippen molar-refractivity contribution in [2.24, 2.45) is 0 Å². The molecular weight excluding hydrogens is 433 g/mol. The average Bonchev–Trinajstić information content (AvgIpc) is 3.21. The van der Waals surface area contributed by atoms with E-state index in [4.69, 9.17) is 14.6 Å². The molecule has 0 amide bonds. The number of rotatable bonds is 5. The zero-order chi connectivity index (χ0) is 21.7. The van der Waals surface area contributed by atoms with Crippen LogP contribution in [0.15, 0.2) is 34.1 Å². The zero-order valence-corrected chi connectivity index (χ0v) is 17.0. The minimum Gasteiger partial charge on any atom is -0.475 e. The molecule has 1 aliphatic rings. The van der Waals surface area contributed by atoms with Crippen LogP contribution in [0.3, 0.4) is 0 Å². The molecule has 0 spiro atoms. The van der Waals surface area contributed by atoms with Crippen molar-refractivity contribution >= 4 is 27.3 Å². The Bertz CT molecular complexity index is 931. The number of hydrogen-bond acceptors (Lipinski definition) is 6. The maximum absolute atomic E-state index is 12.6. The number of carboxylic acid groups (broad SMARTS) is 1. The quantitative estimate of drug-likeness (QED) is 0.749. The molecule has 0 saturated carbocycles. The molecular formula is C17H19F3N2O5S2. The second-order valence-electron chi connectivity index (χ2n) is 5.90. The van der Waals surface area contributed by atoms with Crippen LogP contribution in [0.5, 0.6) is 0 Å². The summed E-state index contributed by atoms with van der Waals surface area (Å²) in [4.78, 5) is 13.1. The molecule has 0 fully saturated rings. The topological polar surface area (TPSA) is 96.8 Å². The fraction of sp³-hybridized carbons (Fsp3) is 0.412. The van der Waals surface area contributed by atoms with Gasteiger partial charge >= 0.3 is 12.1 Å². The maximum Gasteiger partial charge on any atom is 0.490 e. The lowest BCUT2D eigenvalue weighted by Gasteiger charge is -2.28. The Hall–Kier alpha value is -2.02. The number of fused-ring (bicyclic) bond motifs is 1. The Morgan fingerprint density at radius 3 is 2.62 bits per heavy atom. The van der Waals surface area contributed by atoms with Crippen molar-refractivity contribution in [2.45, 2.75) is 36.9 Å². The van der Waals surface area contributed by atoms with Crippen LogP contribution < -0.4 is 0 Å². The second-order valence-corrected chi connectivity index (χ2v) is 9.01. The van der Waals surface area contributed by atoms with Crippen molar-refractivity contribution in [1.29, 1.82) is 0 Å². The van der Waals surface area contributed by atoms with Gasteiger partial charge < -0.3 is 9.84 Å². The molecule has 29 heavy (non-hydrogen) atoms. The van der Waals surface area contributed by atoms with E-state index in [0.717, 1.165) is 11.1 Å². The van der Waals surface area contributed by atoms with Crippen molar-refractivity contribution in [3.8, 4) is 0 Å². The van der Waals surface area contributed by atoms with Crippen LogP contribution in [0, 0.1) is 0 Å². The van der Waals surface area contributed by atoms with Crippen molar-refractivity contribution in [3.05, 3.63) is 46.6 Å². The fourth-order valence-corrected chi connectivity index (χ4v) is 5.18. The van der Waals surface area contributed by atoms with Gasteiger partial charge in [0.25, 0.3) is 10.0 Å². The van der Waals surface area contributed by atoms with E-state index >= 15 is 0 Å². The van der Waals surface area contributed by atoms with Gasteiger partial charge in [-0.2, -0.15) is 17.5 Å².